The van der Waals surface area contributed by atoms with E-state index in [1.165, 1.54) is 19.3 Å². The van der Waals surface area contributed by atoms with Gasteiger partial charge in [-0.05, 0) is 55.3 Å². The van der Waals surface area contributed by atoms with Crippen molar-refractivity contribution in [1.29, 1.82) is 0 Å². The van der Waals surface area contributed by atoms with Gasteiger partial charge < -0.3 is 5.73 Å². The fraction of sp³-hybridized carbons (Fsp3) is 0.933. The molecule has 0 radical (unpaired) electrons. The summed E-state index contributed by atoms with van der Waals surface area (Å²) in [5.74, 6) is 1.21. The zero-order valence-corrected chi connectivity index (χ0v) is 12.6. The van der Waals surface area contributed by atoms with Crippen molar-refractivity contribution in [3.05, 3.63) is 0 Å². The Kier molecular flexibility index (Phi) is 3.46. The van der Waals surface area contributed by atoms with E-state index in [1.807, 2.05) is 0 Å². The summed E-state index contributed by atoms with van der Waals surface area (Å²) in [6, 6.07) is 0. The van der Waals surface area contributed by atoms with Crippen LogP contribution in [0.25, 0.3) is 0 Å². The molecule has 0 saturated heterocycles. The van der Waals surface area contributed by atoms with Gasteiger partial charge in [0.15, 0.2) is 0 Å². The Bertz CT molecular complexity index is 354. The quantitative estimate of drug-likeness (QED) is 0.781. The summed E-state index contributed by atoms with van der Waals surface area (Å²) in [7, 11) is 0. The maximum Gasteiger partial charge on any atom is 0.223 e. The lowest BCUT2D eigenvalue weighted by atomic mass is 9.48. The number of fused-ring (bicyclic) bond motifs is 2. The van der Waals surface area contributed by atoms with Crippen LogP contribution in [-0.4, -0.2) is 11.8 Å². The largest absolute Gasteiger partial charge is 0.369 e. The highest BCUT2D eigenvalue weighted by Gasteiger charge is 2.53. The number of hydrogen-bond donors (Lipinski definition) is 1. The Hall–Kier alpha value is -0.240. The first kappa shape index (κ1) is 14.2. The summed E-state index contributed by atoms with van der Waals surface area (Å²) in [5, 5.41) is 0. The van der Waals surface area contributed by atoms with Crippen molar-refractivity contribution in [3.8, 4) is 0 Å². The van der Waals surface area contributed by atoms with Crippen LogP contribution in [0.15, 0.2) is 0 Å². The SMILES string of the molecule is CC1(C)CC2CC(CCCl)(C1)CC(C)(C(N)=O)C2. The van der Waals surface area contributed by atoms with Gasteiger partial charge in [-0.2, -0.15) is 0 Å². The second-order valence-electron chi connectivity index (χ2n) is 7.86. The monoisotopic (exact) mass is 271 g/mol. The molecule has 2 bridgehead atoms. The number of amides is 1. The molecule has 2 rings (SSSR count). The summed E-state index contributed by atoms with van der Waals surface area (Å²) in [5.41, 5.74) is 5.97. The maximum atomic E-state index is 11.8. The second-order valence-corrected chi connectivity index (χ2v) is 8.24. The van der Waals surface area contributed by atoms with Crippen LogP contribution in [0.4, 0.5) is 0 Å². The van der Waals surface area contributed by atoms with Crippen LogP contribution in [0, 0.1) is 22.2 Å². The molecule has 104 valence electrons. The predicted molar refractivity (Wildman–Crippen MR) is 75.4 cm³/mol. The predicted octanol–water partition coefficient (Wildman–Crippen LogP) is 3.71. The minimum absolute atomic E-state index is 0.120. The highest BCUT2D eigenvalue weighted by atomic mass is 35.5. The van der Waals surface area contributed by atoms with Gasteiger partial charge in [0.05, 0.1) is 0 Å². The minimum Gasteiger partial charge on any atom is -0.369 e. The van der Waals surface area contributed by atoms with Gasteiger partial charge >= 0.3 is 0 Å². The molecule has 2 aliphatic carbocycles. The van der Waals surface area contributed by atoms with E-state index in [9.17, 15) is 4.79 Å². The lowest BCUT2D eigenvalue weighted by molar-refractivity contribution is -0.138. The number of primary amides is 1. The van der Waals surface area contributed by atoms with E-state index >= 15 is 0 Å². The molecule has 3 atom stereocenters. The molecule has 0 aromatic rings. The maximum absolute atomic E-state index is 11.8. The van der Waals surface area contributed by atoms with E-state index in [0.717, 1.165) is 19.3 Å². The number of carbonyl (C=O) groups excluding carboxylic acids is 1. The third kappa shape index (κ3) is 2.54. The fourth-order valence-corrected chi connectivity index (χ4v) is 5.51. The number of halogens is 1. The van der Waals surface area contributed by atoms with E-state index in [1.54, 1.807) is 0 Å². The molecular formula is C15H26ClNO. The Morgan fingerprint density at radius 2 is 1.89 bits per heavy atom. The molecule has 0 aromatic heterocycles. The van der Waals surface area contributed by atoms with Gasteiger partial charge in [0.2, 0.25) is 5.91 Å². The Balaban J connectivity index is 2.30. The van der Waals surface area contributed by atoms with Crippen molar-refractivity contribution in [1.82, 2.24) is 0 Å². The van der Waals surface area contributed by atoms with Crippen molar-refractivity contribution >= 4 is 17.5 Å². The zero-order valence-electron chi connectivity index (χ0n) is 11.9. The van der Waals surface area contributed by atoms with Crippen LogP contribution in [-0.2, 0) is 4.79 Å². The standard InChI is InChI=1S/C15H26ClNO/c1-13(2)6-11-7-14(3,12(17)18)10-15(8-11,9-13)4-5-16/h11H,4-10H2,1-3H3,(H2,17,18). The molecule has 18 heavy (non-hydrogen) atoms. The van der Waals surface area contributed by atoms with E-state index < -0.39 is 0 Å². The van der Waals surface area contributed by atoms with Crippen LogP contribution in [0.2, 0.25) is 0 Å². The summed E-state index contributed by atoms with van der Waals surface area (Å²) >= 11 is 6.02. The molecule has 1 amide bonds. The molecule has 2 N–H and O–H groups in total. The molecule has 3 unspecified atom stereocenters. The van der Waals surface area contributed by atoms with Crippen LogP contribution in [0.3, 0.4) is 0 Å². The molecule has 2 fully saturated rings. The minimum atomic E-state index is -0.314. The molecule has 3 heteroatoms. The van der Waals surface area contributed by atoms with Crippen LogP contribution in [0.1, 0.15) is 59.3 Å². The van der Waals surface area contributed by atoms with Gasteiger partial charge in [0, 0.05) is 11.3 Å². The van der Waals surface area contributed by atoms with Crippen LogP contribution >= 0.6 is 11.6 Å². The van der Waals surface area contributed by atoms with Gasteiger partial charge in [-0.3, -0.25) is 4.79 Å². The van der Waals surface area contributed by atoms with Crippen molar-refractivity contribution in [2.75, 3.05) is 5.88 Å². The normalized spacial score (nSPS) is 42.6. The van der Waals surface area contributed by atoms with E-state index in [2.05, 4.69) is 20.8 Å². The van der Waals surface area contributed by atoms with E-state index in [-0.39, 0.29) is 16.7 Å². The van der Waals surface area contributed by atoms with Gasteiger partial charge in [0.1, 0.15) is 0 Å². The highest BCUT2D eigenvalue weighted by molar-refractivity contribution is 6.17. The van der Waals surface area contributed by atoms with E-state index in [4.69, 9.17) is 17.3 Å². The topological polar surface area (TPSA) is 43.1 Å². The number of nitrogens with two attached hydrogens (primary N) is 1. The van der Waals surface area contributed by atoms with Gasteiger partial charge in [0.25, 0.3) is 0 Å². The highest BCUT2D eigenvalue weighted by Crippen LogP contribution is 2.61. The van der Waals surface area contributed by atoms with Crippen molar-refractivity contribution in [2.45, 2.75) is 59.3 Å². The van der Waals surface area contributed by atoms with Crippen molar-refractivity contribution in [2.24, 2.45) is 27.9 Å². The average molecular weight is 272 g/mol. The molecule has 2 saturated carbocycles. The first-order valence-corrected chi connectivity index (χ1v) is 7.60. The van der Waals surface area contributed by atoms with E-state index in [0.29, 0.717) is 17.2 Å². The van der Waals surface area contributed by atoms with Crippen molar-refractivity contribution < 1.29 is 4.79 Å². The average Bonchev–Trinajstić information content (AvgIpc) is 2.12. The summed E-state index contributed by atoms with van der Waals surface area (Å²) in [4.78, 5) is 11.8. The van der Waals surface area contributed by atoms with Gasteiger partial charge in [-0.1, -0.05) is 20.8 Å². The fourth-order valence-electron chi connectivity index (χ4n) is 5.11. The number of hydrogen-bond acceptors (Lipinski definition) is 1. The lowest BCUT2D eigenvalue weighted by Crippen LogP contribution is -2.51. The van der Waals surface area contributed by atoms with Gasteiger partial charge in [-0.15, -0.1) is 11.6 Å². The van der Waals surface area contributed by atoms with Crippen molar-refractivity contribution in [3.63, 3.8) is 0 Å². The molecule has 0 heterocycles. The van der Waals surface area contributed by atoms with Gasteiger partial charge in [-0.25, -0.2) is 0 Å². The third-order valence-electron chi connectivity index (χ3n) is 5.14. The van der Waals surface area contributed by atoms with Crippen LogP contribution < -0.4 is 5.73 Å². The first-order valence-electron chi connectivity index (χ1n) is 7.06. The summed E-state index contributed by atoms with van der Waals surface area (Å²) in [6.45, 7) is 6.77. The lowest BCUT2D eigenvalue weighted by Gasteiger charge is -2.56. The number of carbonyl (C=O) groups is 1. The molecular weight excluding hydrogens is 246 g/mol. The summed E-state index contributed by atoms with van der Waals surface area (Å²) < 4.78 is 0. The Labute approximate surface area is 116 Å². The zero-order chi connectivity index (χ0) is 13.6. The molecule has 0 aromatic carbocycles. The molecule has 0 spiro atoms. The smallest absolute Gasteiger partial charge is 0.223 e. The molecule has 2 aliphatic rings. The second kappa shape index (κ2) is 4.40. The summed E-state index contributed by atoms with van der Waals surface area (Å²) in [6.07, 6.45) is 6.58. The Morgan fingerprint density at radius 1 is 1.22 bits per heavy atom. The van der Waals surface area contributed by atoms with Crippen LogP contribution in [0.5, 0.6) is 0 Å². The molecule has 2 nitrogen and oxygen atoms in total. The Morgan fingerprint density at radius 3 is 2.44 bits per heavy atom. The third-order valence-corrected chi connectivity index (χ3v) is 5.33. The number of alkyl halides is 1. The number of rotatable bonds is 3. The first-order chi connectivity index (χ1) is 8.20. The molecule has 0 aliphatic heterocycles.